The normalized spacial score (nSPS) is 16.3. The summed E-state index contributed by atoms with van der Waals surface area (Å²) in [6.45, 7) is 2.82. The average Bonchev–Trinajstić information content (AvgIpc) is 3.11. The molecule has 1 aliphatic rings. The summed E-state index contributed by atoms with van der Waals surface area (Å²) in [7, 11) is 0. The molecule has 3 heterocycles. The van der Waals surface area contributed by atoms with Gasteiger partial charge in [-0.05, 0) is 18.6 Å². The molecule has 6 heteroatoms. The summed E-state index contributed by atoms with van der Waals surface area (Å²) in [5, 5.41) is 6.07. The van der Waals surface area contributed by atoms with Gasteiger partial charge < -0.3 is 15.2 Å². The van der Waals surface area contributed by atoms with Crippen molar-refractivity contribution in [2.75, 3.05) is 11.9 Å². The highest BCUT2D eigenvalue weighted by Crippen LogP contribution is 2.43. The third-order valence-corrected chi connectivity index (χ3v) is 4.94. The van der Waals surface area contributed by atoms with Crippen LogP contribution in [-0.2, 0) is 5.75 Å². The second kappa shape index (κ2) is 6.87. The number of anilines is 1. The van der Waals surface area contributed by atoms with E-state index in [2.05, 4.69) is 33.2 Å². The highest BCUT2D eigenvalue weighted by Gasteiger charge is 2.26. The fourth-order valence-electron chi connectivity index (χ4n) is 2.53. The smallest absolute Gasteiger partial charge is 0.319 e. The summed E-state index contributed by atoms with van der Waals surface area (Å²) in [5.41, 5.74) is 3.23. The van der Waals surface area contributed by atoms with E-state index in [1.807, 2.05) is 36.3 Å². The molecule has 0 saturated heterocycles. The number of aromatic nitrogens is 2. The Morgan fingerprint density at radius 1 is 1.50 bits per heavy atom. The Bertz CT molecular complexity index is 641. The molecule has 2 aromatic rings. The van der Waals surface area contributed by atoms with Crippen LogP contribution in [0.2, 0.25) is 0 Å². The van der Waals surface area contributed by atoms with Gasteiger partial charge in [-0.2, -0.15) is 0 Å². The van der Waals surface area contributed by atoms with Crippen LogP contribution in [0.3, 0.4) is 0 Å². The van der Waals surface area contributed by atoms with E-state index in [1.165, 1.54) is 5.56 Å². The highest BCUT2D eigenvalue weighted by molar-refractivity contribution is 7.99. The van der Waals surface area contributed by atoms with Gasteiger partial charge in [0.25, 0.3) is 0 Å². The van der Waals surface area contributed by atoms with Gasteiger partial charge in [0.1, 0.15) is 5.37 Å². The van der Waals surface area contributed by atoms with Crippen molar-refractivity contribution in [3.63, 3.8) is 0 Å². The Morgan fingerprint density at radius 3 is 3.18 bits per heavy atom. The molecule has 1 unspecified atom stereocenters. The fraction of sp³-hybridized carbons (Fsp3) is 0.375. The van der Waals surface area contributed by atoms with Crippen molar-refractivity contribution in [1.82, 2.24) is 14.9 Å². The number of thioether (sulfide) groups is 1. The summed E-state index contributed by atoms with van der Waals surface area (Å²) < 4.78 is 2.21. The molecular weight excluding hydrogens is 296 g/mol. The zero-order valence-electron chi connectivity index (χ0n) is 12.6. The van der Waals surface area contributed by atoms with E-state index in [1.54, 1.807) is 6.20 Å². The van der Waals surface area contributed by atoms with Crippen molar-refractivity contribution in [3.05, 3.63) is 48.0 Å². The van der Waals surface area contributed by atoms with Crippen LogP contribution in [0.25, 0.3) is 0 Å². The van der Waals surface area contributed by atoms with Gasteiger partial charge in [-0.1, -0.05) is 19.4 Å². The molecule has 0 radical (unpaired) electrons. The van der Waals surface area contributed by atoms with Crippen molar-refractivity contribution in [3.8, 4) is 0 Å². The fourth-order valence-corrected chi connectivity index (χ4v) is 3.84. The molecule has 0 spiro atoms. The Hall–Kier alpha value is -1.95. The number of unbranched alkanes of at least 4 members (excludes halogenated alkanes) is 1. The minimum atomic E-state index is -0.128. The summed E-state index contributed by atoms with van der Waals surface area (Å²) in [5.74, 6) is 0.886. The van der Waals surface area contributed by atoms with Crippen molar-refractivity contribution < 1.29 is 4.79 Å². The maximum absolute atomic E-state index is 11.9. The summed E-state index contributed by atoms with van der Waals surface area (Å²) in [6.07, 6.45) is 7.80. The van der Waals surface area contributed by atoms with E-state index >= 15 is 0 Å². The lowest BCUT2D eigenvalue weighted by Gasteiger charge is -2.12. The van der Waals surface area contributed by atoms with E-state index in [0.717, 1.165) is 30.0 Å². The van der Waals surface area contributed by atoms with Crippen LogP contribution in [0.5, 0.6) is 0 Å². The van der Waals surface area contributed by atoms with E-state index in [4.69, 9.17) is 0 Å². The molecule has 22 heavy (non-hydrogen) atoms. The van der Waals surface area contributed by atoms with Gasteiger partial charge in [-0.25, -0.2) is 4.79 Å². The van der Waals surface area contributed by atoms with E-state index in [0.29, 0.717) is 6.54 Å². The van der Waals surface area contributed by atoms with E-state index in [9.17, 15) is 4.79 Å². The number of hydrogen-bond donors (Lipinski definition) is 2. The molecule has 0 fully saturated rings. The van der Waals surface area contributed by atoms with Crippen molar-refractivity contribution in [2.24, 2.45) is 0 Å². The number of urea groups is 1. The summed E-state index contributed by atoms with van der Waals surface area (Å²) in [4.78, 5) is 16.1. The van der Waals surface area contributed by atoms with Crippen LogP contribution in [0.1, 0.15) is 36.4 Å². The molecule has 5 nitrogen and oxygen atoms in total. The zero-order chi connectivity index (χ0) is 15.4. The predicted molar refractivity (Wildman–Crippen MR) is 90.0 cm³/mol. The number of nitrogens with one attached hydrogen (secondary N) is 2. The molecule has 0 aliphatic carbocycles. The van der Waals surface area contributed by atoms with Crippen LogP contribution >= 0.6 is 11.8 Å². The number of pyridine rings is 1. The third-order valence-electron chi connectivity index (χ3n) is 3.69. The number of hydrogen-bond acceptors (Lipinski definition) is 3. The molecule has 1 atom stereocenters. The number of carbonyl (C=O) groups excluding carboxylic acids is 1. The molecule has 3 rings (SSSR count). The topological polar surface area (TPSA) is 59.0 Å². The predicted octanol–water partition coefficient (Wildman–Crippen LogP) is 3.60. The Kier molecular flexibility index (Phi) is 4.68. The maximum Gasteiger partial charge on any atom is 0.319 e. The molecule has 2 aromatic heterocycles. The second-order valence-corrected chi connectivity index (χ2v) is 6.34. The lowest BCUT2D eigenvalue weighted by molar-refractivity contribution is 0.252. The van der Waals surface area contributed by atoms with Crippen molar-refractivity contribution in [2.45, 2.75) is 30.9 Å². The number of fused-ring (bicyclic) bond motifs is 1. The van der Waals surface area contributed by atoms with Gasteiger partial charge in [-0.3, -0.25) is 4.98 Å². The second-order valence-electron chi connectivity index (χ2n) is 5.27. The average molecular weight is 316 g/mol. The van der Waals surface area contributed by atoms with Crippen LogP contribution in [0.15, 0.2) is 36.8 Å². The Morgan fingerprint density at radius 2 is 2.41 bits per heavy atom. The largest absolute Gasteiger partial charge is 0.338 e. The highest BCUT2D eigenvalue weighted by atomic mass is 32.2. The lowest BCUT2D eigenvalue weighted by Crippen LogP contribution is -2.29. The molecular formula is C16H20N4OS. The van der Waals surface area contributed by atoms with Crippen LogP contribution < -0.4 is 10.6 Å². The van der Waals surface area contributed by atoms with Gasteiger partial charge in [0.2, 0.25) is 0 Å². The minimum absolute atomic E-state index is 0.128. The number of carbonyl (C=O) groups is 1. The first-order chi connectivity index (χ1) is 10.8. The Balaban J connectivity index is 1.69. The molecule has 1 aliphatic heterocycles. The summed E-state index contributed by atoms with van der Waals surface area (Å²) >= 11 is 1.84. The first-order valence-corrected chi connectivity index (χ1v) is 8.60. The minimum Gasteiger partial charge on any atom is -0.338 e. The third kappa shape index (κ3) is 3.11. The number of nitrogens with zero attached hydrogens (tertiary/aromatic N) is 2. The van der Waals surface area contributed by atoms with E-state index in [-0.39, 0.29) is 11.4 Å². The summed E-state index contributed by atoms with van der Waals surface area (Å²) in [6, 6.07) is 5.89. The molecule has 0 aromatic carbocycles. The van der Waals surface area contributed by atoms with Gasteiger partial charge in [0.05, 0.1) is 11.4 Å². The molecule has 2 N–H and O–H groups in total. The zero-order valence-corrected chi connectivity index (χ0v) is 13.4. The SMILES string of the molecule is CCCCNC(=O)Nc1ccn2c1CSC2c1cccnc1. The maximum atomic E-state index is 11.9. The Labute approximate surface area is 134 Å². The monoisotopic (exact) mass is 316 g/mol. The number of rotatable bonds is 5. The molecule has 116 valence electrons. The molecule has 2 amide bonds. The van der Waals surface area contributed by atoms with Gasteiger partial charge in [0, 0.05) is 36.5 Å². The van der Waals surface area contributed by atoms with Crippen LogP contribution in [-0.4, -0.2) is 22.1 Å². The lowest BCUT2D eigenvalue weighted by atomic mass is 10.3. The standard InChI is InChI=1S/C16H20N4OS/c1-2-3-8-18-16(21)19-13-6-9-20-14(13)11-22-15(20)12-5-4-7-17-10-12/h4-7,9-10,15H,2-3,8,11H2,1H3,(H2,18,19,21). The van der Waals surface area contributed by atoms with Gasteiger partial charge in [-0.15, -0.1) is 11.8 Å². The number of amides is 2. The first kappa shape index (κ1) is 15.0. The van der Waals surface area contributed by atoms with Gasteiger partial charge in [0.15, 0.2) is 0 Å². The van der Waals surface area contributed by atoms with Crippen molar-refractivity contribution >= 4 is 23.5 Å². The molecule has 0 saturated carbocycles. The first-order valence-electron chi connectivity index (χ1n) is 7.55. The quantitative estimate of drug-likeness (QED) is 0.829. The van der Waals surface area contributed by atoms with Gasteiger partial charge >= 0.3 is 6.03 Å². The van der Waals surface area contributed by atoms with E-state index < -0.39 is 0 Å². The van der Waals surface area contributed by atoms with Crippen LogP contribution in [0, 0.1) is 0 Å². The van der Waals surface area contributed by atoms with Crippen LogP contribution in [0.4, 0.5) is 10.5 Å². The molecule has 0 bridgehead atoms. The van der Waals surface area contributed by atoms with Crippen molar-refractivity contribution in [1.29, 1.82) is 0 Å².